The molecule has 0 saturated heterocycles. The summed E-state index contributed by atoms with van der Waals surface area (Å²) in [4.78, 5) is 28.9. The highest BCUT2D eigenvalue weighted by molar-refractivity contribution is 7.99. The van der Waals surface area contributed by atoms with Crippen LogP contribution < -0.4 is 11.3 Å². The lowest BCUT2D eigenvalue weighted by Crippen LogP contribution is -2.13. The predicted molar refractivity (Wildman–Crippen MR) is 192 cm³/mol. The molecule has 0 bridgehead atoms. The first-order chi connectivity index (χ1) is 25.8. The Morgan fingerprint density at radius 3 is 1.89 bits per heavy atom. The summed E-state index contributed by atoms with van der Waals surface area (Å²) in [5.41, 5.74) is 8.36. The molecular formula is C37H28F2N10O3S. The van der Waals surface area contributed by atoms with Crippen molar-refractivity contribution in [2.45, 2.75) is 23.0 Å². The highest BCUT2D eigenvalue weighted by atomic mass is 32.2. The summed E-state index contributed by atoms with van der Waals surface area (Å²) in [6.45, 7) is 0.363. The molecule has 0 amide bonds. The molecule has 0 aliphatic carbocycles. The van der Waals surface area contributed by atoms with Gasteiger partial charge in [-0.15, -0.1) is 0 Å². The summed E-state index contributed by atoms with van der Waals surface area (Å²) in [6, 6.07) is 25.8. The van der Waals surface area contributed by atoms with Gasteiger partial charge in [0.1, 0.15) is 52.8 Å². The van der Waals surface area contributed by atoms with Crippen LogP contribution in [0.25, 0.3) is 34.6 Å². The minimum Gasteiger partial charge on any atom is -0.443 e. The maximum atomic E-state index is 14.2. The van der Waals surface area contributed by atoms with E-state index in [1.807, 2.05) is 30.3 Å². The number of amidine groups is 1. The number of nitrogens with zero attached hydrogens (tertiary/aromatic N) is 7. The Kier molecular flexibility index (Phi) is 10.1. The number of nitrogen functional groups attached to an aromatic ring is 1. The first kappa shape index (κ1) is 34.5. The maximum absolute atomic E-state index is 14.2. The number of halogens is 2. The molecule has 0 aliphatic rings. The molecule has 4 N–H and O–H groups in total. The van der Waals surface area contributed by atoms with Crippen LogP contribution >= 0.6 is 11.8 Å². The number of oxazole rings is 2. The number of rotatable bonds is 10. The Morgan fingerprint density at radius 2 is 1.34 bits per heavy atom. The molecule has 53 heavy (non-hydrogen) atoms. The minimum absolute atomic E-state index is 0.171. The summed E-state index contributed by atoms with van der Waals surface area (Å²) in [5.74, 6) is -0.149. The summed E-state index contributed by atoms with van der Waals surface area (Å²) >= 11 is 1.28. The highest BCUT2D eigenvalue weighted by Crippen LogP contribution is 2.27. The number of benzene rings is 3. The molecule has 8 aromatic rings. The van der Waals surface area contributed by atoms with Crippen molar-refractivity contribution in [1.82, 2.24) is 39.5 Å². The molecule has 0 radical (unpaired) electrons. The molecule has 13 nitrogen and oxygen atoms in total. The summed E-state index contributed by atoms with van der Waals surface area (Å²) in [5, 5.41) is 16.6. The Labute approximate surface area is 303 Å². The van der Waals surface area contributed by atoms with E-state index in [4.69, 9.17) is 20.0 Å². The van der Waals surface area contributed by atoms with Crippen LogP contribution in [0.2, 0.25) is 0 Å². The molecule has 5 heterocycles. The van der Waals surface area contributed by atoms with Gasteiger partial charge in [-0.2, -0.15) is 10.2 Å². The fourth-order valence-electron chi connectivity index (χ4n) is 5.15. The molecule has 0 aliphatic heterocycles. The van der Waals surface area contributed by atoms with Gasteiger partial charge in [0.05, 0.1) is 37.4 Å². The number of aromatic amines is 1. The average Bonchev–Trinajstić information content (AvgIpc) is 4.00. The molecule has 0 saturated carbocycles. The largest absolute Gasteiger partial charge is 0.443 e. The molecule has 8 rings (SSSR count). The molecule has 5 aromatic heterocycles. The van der Waals surface area contributed by atoms with Gasteiger partial charge in [-0.3, -0.25) is 19.6 Å². The lowest BCUT2D eigenvalue weighted by Gasteiger charge is -2.06. The monoisotopic (exact) mass is 730 g/mol. The van der Waals surface area contributed by atoms with Gasteiger partial charge in [0.2, 0.25) is 11.8 Å². The Bertz CT molecular complexity index is 2530. The summed E-state index contributed by atoms with van der Waals surface area (Å²) < 4.78 is 41.8. The number of H-pyrrole nitrogens is 1. The van der Waals surface area contributed by atoms with Crippen LogP contribution in [-0.4, -0.2) is 45.3 Å². The van der Waals surface area contributed by atoms with Gasteiger partial charge in [-0.1, -0.05) is 66.4 Å². The van der Waals surface area contributed by atoms with Gasteiger partial charge in [0.25, 0.3) is 5.56 Å². The molecule has 3 aromatic carbocycles. The van der Waals surface area contributed by atoms with E-state index in [1.165, 1.54) is 53.5 Å². The van der Waals surface area contributed by atoms with E-state index in [-0.39, 0.29) is 36.1 Å². The Hall–Kier alpha value is -6.94. The molecule has 0 fully saturated rings. The van der Waals surface area contributed by atoms with E-state index in [0.29, 0.717) is 56.4 Å². The second kappa shape index (κ2) is 15.5. The normalized spacial score (nSPS) is 10.9. The van der Waals surface area contributed by atoms with Crippen molar-refractivity contribution >= 4 is 17.6 Å². The van der Waals surface area contributed by atoms with Crippen LogP contribution in [0.1, 0.15) is 16.8 Å². The Balaban J connectivity index is 0.000000179. The van der Waals surface area contributed by atoms with E-state index in [1.54, 1.807) is 59.4 Å². The quantitative estimate of drug-likeness (QED) is 0.102. The number of hydrogen-bond donors (Lipinski definition) is 3. The SMILES string of the molecule is N=C(N)c1cc(-c2ncco2)n(Cc2ccccc2F)n1.O=c1[nH]c(-c2cc(-c3ncco3)n(Cc3ccccc3F)n2)cnc1Sc1ccccc1. The zero-order chi connectivity index (χ0) is 36.7. The molecule has 0 unspecified atom stereocenters. The van der Waals surface area contributed by atoms with Crippen molar-refractivity contribution in [3.05, 3.63) is 161 Å². The van der Waals surface area contributed by atoms with Crippen molar-refractivity contribution < 1.29 is 17.6 Å². The smallest absolute Gasteiger partial charge is 0.281 e. The zero-order valence-electron chi connectivity index (χ0n) is 27.6. The van der Waals surface area contributed by atoms with Crippen molar-refractivity contribution in [1.29, 1.82) is 5.41 Å². The molecule has 16 heteroatoms. The van der Waals surface area contributed by atoms with Gasteiger partial charge in [-0.05, 0) is 30.3 Å². The third kappa shape index (κ3) is 8.02. The van der Waals surface area contributed by atoms with Crippen molar-refractivity contribution in [3.8, 4) is 34.6 Å². The van der Waals surface area contributed by atoms with Crippen LogP contribution in [0.3, 0.4) is 0 Å². The maximum Gasteiger partial charge on any atom is 0.281 e. The Morgan fingerprint density at radius 1 is 0.774 bits per heavy atom. The molecule has 0 spiro atoms. The van der Waals surface area contributed by atoms with E-state index in [9.17, 15) is 13.6 Å². The third-order valence-electron chi connectivity index (χ3n) is 7.68. The van der Waals surface area contributed by atoms with Crippen LogP contribution in [-0.2, 0) is 13.1 Å². The van der Waals surface area contributed by atoms with E-state index in [2.05, 4.69) is 30.1 Å². The van der Waals surface area contributed by atoms with Gasteiger partial charge in [0.15, 0.2) is 5.03 Å². The van der Waals surface area contributed by atoms with Crippen molar-refractivity contribution in [3.63, 3.8) is 0 Å². The van der Waals surface area contributed by atoms with Crippen molar-refractivity contribution in [2.75, 3.05) is 0 Å². The number of hydrogen-bond acceptors (Lipinski definition) is 10. The van der Waals surface area contributed by atoms with Crippen LogP contribution in [0.5, 0.6) is 0 Å². The van der Waals surface area contributed by atoms with Crippen LogP contribution in [0, 0.1) is 17.0 Å². The summed E-state index contributed by atoms with van der Waals surface area (Å²) in [6.07, 6.45) is 7.47. The topological polar surface area (TPSA) is 183 Å². The standard InChI is InChI=1S/C23H16FN5O2S.C14H12FN5O/c24-17-9-5-4-6-15(17)14-29-20(22-25-10-11-31-22)12-18(28-29)19-13-26-23(21(30)27-19)32-16-7-2-1-3-8-16;15-10-4-2-1-3-9(10)8-20-12(14-18-5-6-21-14)7-11(19-20)13(16)17/h1-13H,14H2,(H,27,30);1-7H,8H2,(H3,16,17). The zero-order valence-corrected chi connectivity index (χ0v) is 28.4. The first-order valence-corrected chi connectivity index (χ1v) is 16.7. The number of nitrogens with two attached hydrogens (primary N) is 1. The van der Waals surface area contributed by atoms with Gasteiger partial charge < -0.3 is 19.6 Å². The average molecular weight is 731 g/mol. The second-order valence-electron chi connectivity index (χ2n) is 11.3. The predicted octanol–water partition coefficient (Wildman–Crippen LogP) is 6.64. The van der Waals surface area contributed by atoms with E-state index >= 15 is 0 Å². The van der Waals surface area contributed by atoms with E-state index < -0.39 is 0 Å². The second-order valence-corrected chi connectivity index (χ2v) is 12.3. The van der Waals surface area contributed by atoms with E-state index in [0.717, 1.165) is 4.90 Å². The number of nitrogens with one attached hydrogen (secondary N) is 2. The fourth-order valence-corrected chi connectivity index (χ4v) is 5.92. The van der Waals surface area contributed by atoms with Crippen LogP contribution in [0.15, 0.2) is 146 Å². The third-order valence-corrected chi connectivity index (χ3v) is 8.67. The lowest BCUT2D eigenvalue weighted by atomic mass is 10.2. The van der Waals surface area contributed by atoms with Crippen LogP contribution in [0.4, 0.5) is 8.78 Å². The first-order valence-electron chi connectivity index (χ1n) is 15.9. The number of aromatic nitrogens is 8. The van der Waals surface area contributed by atoms with Gasteiger partial charge >= 0.3 is 0 Å². The fraction of sp³-hybridized carbons (Fsp3) is 0.0541. The van der Waals surface area contributed by atoms with Gasteiger partial charge in [-0.25, -0.2) is 23.7 Å². The molecule has 0 atom stereocenters. The lowest BCUT2D eigenvalue weighted by molar-refractivity contribution is 0.553. The molecular weight excluding hydrogens is 703 g/mol. The molecule has 264 valence electrons. The van der Waals surface area contributed by atoms with Crippen molar-refractivity contribution in [2.24, 2.45) is 5.73 Å². The minimum atomic E-state index is -0.333. The summed E-state index contributed by atoms with van der Waals surface area (Å²) in [7, 11) is 0. The van der Waals surface area contributed by atoms with Gasteiger partial charge in [0, 0.05) is 22.1 Å². The highest BCUT2D eigenvalue weighted by Gasteiger charge is 2.19.